The van der Waals surface area contributed by atoms with Crippen molar-refractivity contribution in [3.8, 4) is 0 Å². The van der Waals surface area contributed by atoms with Crippen LogP contribution >= 0.6 is 0 Å². The molecule has 1 aliphatic heterocycles. The second kappa shape index (κ2) is 4.28. The lowest BCUT2D eigenvalue weighted by Gasteiger charge is -2.18. The van der Waals surface area contributed by atoms with Crippen LogP contribution < -0.4 is 5.73 Å². The number of aromatic nitrogens is 3. The van der Waals surface area contributed by atoms with Crippen LogP contribution in [0.2, 0.25) is 0 Å². The molecule has 3 N–H and O–H groups in total. The van der Waals surface area contributed by atoms with Crippen molar-refractivity contribution in [3.63, 3.8) is 0 Å². The molecule has 6 heteroatoms. The monoisotopic (exact) mass is 271 g/mol. The number of fused-ring (bicyclic) bond motifs is 2. The third-order valence-electron chi connectivity index (χ3n) is 4.76. The quantitative estimate of drug-likeness (QED) is 0.801. The molecule has 1 saturated carbocycles. The molecular weight excluding hydrogens is 254 g/mol. The Kier molecular flexibility index (Phi) is 2.53. The van der Waals surface area contributed by atoms with E-state index in [1.54, 1.807) is 6.07 Å². The summed E-state index contributed by atoms with van der Waals surface area (Å²) in [5, 5.41) is 10.6. The maximum absolute atomic E-state index is 12.6. The highest BCUT2D eigenvalue weighted by Gasteiger charge is 2.42. The lowest BCUT2D eigenvalue weighted by molar-refractivity contribution is 0.0779. The van der Waals surface area contributed by atoms with Gasteiger partial charge in [0, 0.05) is 24.7 Å². The zero-order valence-corrected chi connectivity index (χ0v) is 11.1. The Labute approximate surface area is 116 Å². The SMILES string of the molecule is NC1CCC2CN(C(=O)c3ccc4n[nH]nc4c3)CC12. The largest absolute Gasteiger partial charge is 0.338 e. The van der Waals surface area contributed by atoms with E-state index in [2.05, 4.69) is 15.4 Å². The van der Waals surface area contributed by atoms with E-state index in [0.29, 0.717) is 17.4 Å². The van der Waals surface area contributed by atoms with E-state index in [1.807, 2.05) is 17.0 Å². The van der Waals surface area contributed by atoms with Gasteiger partial charge in [0.05, 0.1) is 0 Å². The van der Waals surface area contributed by atoms with Gasteiger partial charge in [0.15, 0.2) is 0 Å². The molecule has 2 heterocycles. The molecule has 6 nitrogen and oxygen atoms in total. The number of nitrogens with two attached hydrogens (primary N) is 1. The number of carbonyl (C=O) groups excluding carboxylic acids is 1. The minimum atomic E-state index is 0.0801. The zero-order valence-electron chi connectivity index (χ0n) is 11.1. The molecule has 2 aliphatic rings. The van der Waals surface area contributed by atoms with Gasteiger partial charge in [0.2, 0.25) is 0 Å². The average molecular weight is 271 g/mol. The number of rotatable bonds is 1. The fourth-order valence-electron chi connectivity index (χ4n) is 3.63. The highest BCUT2D eigenvalue weighted by molar-refractivity contribution is 5.97. The number of hydrogen-bond donors (Lipinski definition) is 2. The molecule has 1 aliphatic carbocycles. The van der Waals surface area contributed by atoms with E-state index in [0.717, 1.165) is 37.0 Å². The second-order valence-electron chi connectivity index (χ2n) is 5.90. The normalized spacial score (nSPS) is 29.1. The fraction of sp³-hybridized carbons (Fsp3) is 0.500. The van der Waals surface area contributed by atoms with Crippen molar-refractivity contribution < 1.29 is 4.79 Å². The van der Waals surface area contributed by atoms with Crippen LogP contribution in [0.1, 0.15) is 23.2 Å². The van der Waals surface area contributed by atoms with Crippen molar-refractivity contribution in [2.45, 2.75) is 18.9 Å². The van der Waals surface area contributed by atoms with Crippen LogP contribution in [0, 0.1) is 11.8 Å². The summed E-state index contributed by atoms with van der Waals surface area (Å²) >= 11 is 0. The summed E-state index contributed by atoms with van der Waals surface area (Å²) in [5.74, 6) is 1.15. The van der Waals surface area contributed by atoms with Gasteiger partial charge in [-0.05, 0) is 42.9 Å². The smallest absolute Gasteiger partial charge is 0.253 e. The van der Waals surface area contributed by atoms with Gasteiger partial charge in [-0.3, -0.25) is 4.79 Å². The van der Waals surface area contributed by atoms with Crippen LogP contribution in [0.5, 0.6) is 0 Å². The Morgan fingerprint density at radius 2 is 2.10 bits per heavy atom. The van der Waals surface area contributed by atoms with Gasteiger partial charge in [-0.25, -0.2) is 0 Å². The Balaban J connectivity index is 1.58. The van der Waals surface area contributed by atoms with Crippen LogP contribution in [-0.2, 0) is 0 Å². The van der Waals surface area contributed by atoms with Gasteiger partial charge < -0.3 is 10.6 Å². The van der Waals surface area contributed by atoms with Gasteiger partial charge in [0.1, 0.15) is 11.0 Å². The molecule has 0 spiro atoms. The summed E-state index contributed by atoms with van der Waals surface area (Å²) in [4.78, 5) is 14.5. The lowest BCUT2D eigenvalue weighted by Crippen LogP contribution is -2.33. The lowest BCUT2D eigenvalue weighted by atomic mass is 9.98. The van der Waals surface area contributed by atoms with Crippen molar-refractivity contribution in [1.82, 2.24) is 20.3 Å². The van der Waals surface area contributed by atoms with Crippen molar-refractivity contribution in [3.05, 3.63) is 23.8 Å². The molecule has 4 rings (SSSR count). The van der Waals surface area contributed by atoms with Gasteiger partial charge >= 0.3 is 0 Å². The minimum absolute atomic E-state index is 0.0801. The first-order valence-electron chi connectivity index (χ1n) is 7.08. The molecule has 2 aromatic rings. The van der Waals surface area contributed by atoms with E-state index < -0.39 is 0 Å². The van der Waals surface area contributed by atoms with Crippen molar-refractivity contribution in [2.24, 2.45) is 17.6 Å². The van der Waals surface area contributed by atoms with Crippen LogP contribution in [0.3, 0.4) is 0 Å². The molecule has 1 aromatic heterocycles. The zero-order chi connectivity index (χ0) is 13.7. The van der Waals surface area contributed by atoms with Crippen LogP contribution in [0.25, 0.3) is 11.0 Å². The molecular formula is C14H17N5O. The van der Waals surface area contributed by atoms with Crippen LogP contribution in [-0.4, -0.2) is 45.3 Å². The Bertz CT molecular complexity index is 666. The Hall–Kier alpha value is -1.95. The molecule has 3 atom stereocenters. The number of aromatic amines is 1. The van der Waals surface area contributed by atoms with E-state index in [4.69, 9.17) is 5.73 Å². The predicted octanol–water partition coefficient (Wildman–Crippen LogP) is 0.767. The summed E-state index contributed by atoms with van der Waals surface area (Å²) in [6.07, 6.45) is 2.25. The summed E-state index contributed by atoms with van der Waals surface area (Å²) in [5.41, 5.74) is 8.31. The van der Waals surface area contributed by atoms with Gasteiger partial charge in [0.25, 0.3) is 5.91 Å². The standard InChI is InChI=1S/C14H17N5O/c15-11-3-1-9-6-19(7-10(9)11)14(20)8-2-4-12-13(5-8)17-18-16-12/h2,4-5,9-11H,1,3,6-7,15H2,(H,16,17,18). The van der Waals surface area contributed by atoms with Crippen molar-refractivity contribution in [2.75, 3.05) is 13.1 Å². The maximum Gasteiger partial charge on any atom is 0.253 e. The number of benzene rings is 1. The third-order valence-corrected chi connectivity index (χ3v) is 4.76. The first-order valence-corrected chi connectivity index (χ1v) is 7.08. The van der Waals surface area contributed by atoms with Gasteiger partial charge in [-0.2, -0.15) is 15.4 Å². The summed E-state index contributed by atoms with van der Waals surface area (Å²) in [6, 6.07) is 5.71. The molecule has 3 unspecified atom stereocenters. The summed E-state index contributed by atoms with van der Waals surface area (Å²) in [6.45, 7) is 1.63. The highest BCUT2D eigenvalue weighted by atomic mass is 16.2. The molecule has 104 valence electrons. The van der Waals surface area contributed by atoms with E-state index in [9.17, 15) is 4.79 Å². The van der Waals surface area contributed by atoms with Crippen molar-refractivity contribution >= 4 is 16.9 Å². The summed E-state index contributed by atoms with van der Waals surface area (Å²) in [7, 11) is 0. The van der Waals surface area contributed by atoms with Gasteiger partial charge in [-0.15, -0.1) is 0 Å². The first kappa shape index (κ1) is 11.8. The van der Waals surface area contributed by atoms with Crippen molar-refractivity contribution in [1.29, 1.82) is 0 Å². The summed E-state index contributed by atoms with van der Waals surface area (Å²) < 4.78 is 0. The Morgan fingerprint density at radius 1 is 1.25 bits per heavy atom. The molecule has 1 amide bonds. The highest BCUT2D eigenvalue weighted by Crippen LogP contribution is 2.37. The molecule has 20 heavy (non-hydrogen) atoms. The number of nitrogens with zero attached hydrogens (tertiary/aromatic N) is 3. The van der Waals surface area contributed by atoms with E-state index >= 15 is 0 Å². The average Bonchev–Trinajstić information content (AvgIpc) is 3.14. The third kappa shape index (κ3) is 1.71. The second-order valence-corrected chi connectivity index (χ2v) is 5.90. The first-order chi connectivity index (χ1) is 9.72. The molecule has 2 fully saturated rings. The number of hydrogen-bond acceptors (Lipinski definition) is 4. The number of nitrogens with one attached hydrogen (secondary N) is 1. The fourth-order valence-corrected chi connectivity index (χ4v) is 3.63. The molecule has 0 bridgehead atoms. The number of carbonyl (C=O) groups is 1. The van der Waals surface area contributed by atoms with E-state index in [1.165, 1.54) is 0 Å². The topological polar surface area (TPSA) is 87.9 Å². The number of likely N-dealkylation sites (tertiary alicyclic amines) is 1. The number of H-pyrrole nitrogens is 1. The minimum Gasteiger partial charge on any atom is -0.338 e. The van der Waals surface area contributed by atoms with Crippen LogP contribution in [0.4, 0.5) is 0 Å². The van der Waals surface area contributed by atoms with E-state index in [-0.39, 0.29) is 11.9 Å². The molecule has 1 saturated heterocycles. The molecule has 1 aromatic carbocycles. The van der Waals surface area contributed by atoms with Gasteiger partial charge in [-0.1, -0.05) is 0 Å². The predicted molar refractivity (Wildman–Crippen MR) is 74.0 cm³/mol. The molecule has 0 radical (unpaired) electrons. The van der Waals surface area contributed by atoms with Crippen LogP contribution in [0.15, 0.2) is 18.2 Å². The maximum atomic E-state index is 12.6. The number of amides is 1. The Morgan fingerprint density at radius 3 is 2.95 bits per heavy atom.